The van der Waals surface area contributed by atoms with Gasteiger partial charge >= 0.3 is 5.97 Å². The Morgan fingerprint density at radius 2 is 2.00 bits per heavy atom. The first-order valence-corrected chi connectivity index (χ1v) is 6.58. The van der Waals surface area contributed by atoms with Crippen LogP contribution in [0.5, 0.6) is 0 Å². The summed E-state index contributed by atoms with van der Waals surface area (Å²) < 4.78 is 14.5. The first kappa shape index (κ1) is 14.3. The number of hydrogen-bond acceptors (Lipinski definition) is 3. The van der Waals surface area contributed by atoms with Gasteiger partial charge in [-0.1, -0.05) is 0 Å². The molecule has 100 valence electrons. The second kappa shape index (κ2) is 5.88. The van der Waals surface area contributed by atoms with E-state index < -0.39 is 11.8 Å². The SMILES string of the molecule is N#Cc1ccc(C(=O)O)c(Nc2ccc(I)cc2F)c1. The van der Waals surface area contributed by atoms with E-state index in [-0.39, 0.29) is 16.9 Å². The number of nitrogens with one attached hydrogen (secondary N) is 1. The highest BCUT2D eigenvalue weighted by Crippen LogP contribution is 2.25. The topological polar surface area (TPSA) is 73.1 Å². The number of nitrogens with zero attached hydrogens (tertiary/aromatic N) is 1. The van der Waals surface area contributed by atoms with Crippen LogP contribution in [0.4, 0.5) is 15.8 Å². The van der Waals surface area contributed by atoms with E-state index >= 15 is 0 Å². The number of halogens is 2. The van der Waals surface area contributed by atoms with E-state index in [9.17, 15) is 9.18 Å². The average molecular weight is 382 g/mol. The maximum Gasteiger partial charge on any atom is 0.337 e. The summed E-state index contributed by atoms with van der Waals surface area (Å²) >= 11 is 1.98. The van der Waals surface area contributed by atoms with Crippen LogP contribution in [0.3, 0.4) is 0 Å². The third-order valence-corrected chi connectivity index (χ3v) is 3.25. The Morgan fingerprint density at radius 3 is 2.60 bits per heavy atom. The molecule has 0 aliphatic heterocycles. The summed E-state index contributed by atoms with van der Waals surface area (Å²) in [7, 11) is 0. The van der Waals surface area contributed by atoms with Crippen LogP contribution in [-0.2, 0) is 0 Å². The molecule has 0 heterocycles. The zero-order chi connectivity index (χ0) is 14.7. The lowest BCUT2D eigenvalue weighted by Crippen LogP contribution is -2.04. The highest BCUT2D eigenvalue weighted by atomic mass is 127. The second-order valence-electron chi connectivity index (χ2n) is 3.93. The molecule has 0 unspecified atom stereocenters. The van der Waals surface area contributed by atoms with Gasteiger partial charge in [0, 0.05) is 3.57 Å². The molecule has 2 aromatic rings. The fraction of sp³-hybridized carbons (Fsp3) is 0. The van der Waals surface area contributed by atoms with Crippen LogP contribution in [0.25, 0.3) is 0 Å². The summed E-state index contributed by atoms with van der Waals surface area (Å²) in [5.74, 6) is -1.64. The van der Waals surface area contributed by atoms with E-state index in [1.807, 2.05) is 28.7 Å². The predicted molar refractivity (Wildman–Crippen MR) is 80.5 cm³/mol. The molecule has 0 saturated carbocycles. The molecule has 0 radical (unpaired) electrons. The summed E-state index contributed by atoms with van der Waals surface area (Å²) in [6.45, 7) is 0. The molecule has 0 amide bonds. The molecule has 0 aromatic heterocycles. The number of carboxylic acids is 1. The predicted octanol–water partition coefficient (Wildman–Crippen LogP) is 3.74. The van der Waals surface area contributed by atoms with Crippen molar-refractivity contribution in [2.45, 2.75) is 0 Å². The van der Waals surface area contributed by atoms with Gasteiger partial charge in [0.1, 0.15) is 5.82 Å². The third kappa shape index (κ3) is 3.05. The average Bonchev–Trinajstić information content (AvgIpc) is 2.41. The molecule has 0 atom stereocenters. The minimum absolute atomic E-state index is 0.0260. The van der Waals surface area contributed by atoms with Gasteiger partial charge < -0.3 is 10.4 Å². The van der Waals surface area contributed by atoms with Gasteiger partial charge in [0.25, 0.3) is 0 Å². The van der Waals surface area contributed by atoms with Crippen molar-refractivity contribution in [2.24, 2.45) is 0 Å². The van der Waals surface area contributed by atoms with Gasteiger partial charge in [0.05, 0.1) is 28.6 Å². The molecule has 0 saturated heterocycles. The fourth-order valence-corrected chi connectivity index (χ4v) is 2.09. The standard InChI is InChI=1S/C14H8FIN2O2/c15-11-6-9(16)2-4-12(11)18-13-5-8(7-17)1-3-10(13)14(19)20/h1-6,18H,(H,19,20). The Morgan fingerprint density at radius 1 is 1.25 bits per heavy atom. The van der Waals surface area contributed by atoms with Crippen molar-refractivity contribution >= 4 is 39.9 Å². The van der Waals surface area contributed by atoms with Crippen molar-refractivity contribution < 1.29 is 14.3 Å². The Labute approximate surface area is 128 Å². The van der Waals surface area contributed by atoms with Crippen molar-refractivity contribution in [1.82, 2.24) is 0 Å². The number of carboxylic acid groups (broad SMARTS) is 1. The summed E-state index contributed by atoms with van der Waals surface area (Å²) in [5, 5.41) is 20.7. The molecule has 0 spiro atoms. The van der Waals surface area contributed by atoms with Crippen LogP contribution in [0.1, 0.15) is 15.9 Å². The quantitative estimate of drug-likeness (QED) is 0.794. The van der Waals surface area contributed by atoms with E-state index in [0.717, 1.165) is 3.57 Å². The van der Waals surface area contributed by atoms with Gasteiger partial charge in [-0.2, -0.15) is 5.26 Å². The van der Waals surface area contributed by atoms with Gasteiger partial charge in [-0.15, -0.1) is 0 Å². The number of aromatic carboxylic acids is 1. The maximum atomic E-state index is 13.8. The zero-order valence-corrected chi connectivity index (χ0v) is 12.2. The van der Waals surface area contributed by atoms with Crippen molar-refractivity contribution in [1.29, 1.82) is 5.26 Å². The number of nitriles is 1. The van der Waals surface area contributed by atoms with E-state index in [0.29, 0.717) is 5.56 Å². The minimum Gasteiger partial charge on any atom is -0.478 e. The summed E-state index contributed by atoms with van der Waals surface area (Å²) in [5.41, 5.74) is 0.602. The lowest BCUT2D eigenvalue weighted by Gasteiger charge is -2.11. The molecule has 0 aliphatic rings. The monoisotopic (exact) mass is 382 g/mol. The van der Waals surface area contributed by atoms with Gasteiger partial charge in [-0.05, 0) is 59.0 Å². The molecule has 6 heteroatoms. The molecule has 4 nitrogen and oxygen atoms in total. The number of rotatable bonds is 3. The maximum absolute atomic E-state index is 13.8. The van der Waals surface area contributed by atoms with E-state index in [4.69, 9.17) is 10.4 Å². The third-order valence-electron chi connectivity index (χ3n) is 2.58. The first-order chi connectivity index (χ1) is 9.51. The van der Waals surface area contributed by atoms with Crippen molar-refractivity contribution in [3.05, 3.63) is 56.9 Å². The molecule has 2 rings (SSSR count). The number of carbonyl (C=O) groups is 1. The van der Waals surface area contributed by atoms with Crippen molar-refractivity contribution in [2.75, 3.05) is 5.32 Å². The Hall–Kier alpha value is -2.14. The van der Waals surface area contributed by atoms with Crippen LogP contribution in [0, 0.1) is 20.7 Å². The first-order valence-electron chi connectivity index (χ1n) is 5.51. The number of anilines is 2. The largest absolute Gasteiger partial charge is 0.478 e. The van der Waals surface area contributed by atoms with Gasteiger partial charge in [-0.3, -0.25) is 0 Å². The summed E-state index contributed by atoms with van der Waals surface area (Å²) in [6, 6.07) is 10.5. The Kier molecular flexibility index (Phi) is 4.20. The Bertz CT molecular complexity index is 726. The van der Waals surface area contributed by atoms with Gasteiger partial charge in [0.2, 0.25) is 0 Å². The minimum atomic E-state index is -1.15. The van der Waals surface area contributed by atoms with Crippen LogP contribution in [0.15, 0.2) is 36.4 Å². The van der Waals surface area contributed by atoms with Gasteiger partial charge in [-0.25, -0.2) is 9.18 Å². The second-order valence-corrected chi connectivity index (χ2v) is 5.17. The highest BCUT2D eigenvalue weighted by Gasteiger charge is 2.12. The molecular weight excluding hydrogens is 374 g/mol. The lowest BCUT2D eigenvalue weighted by molar-refractivity contribution is 0.0698. The zero-order valence-electron chi connectivity index (χ0n) is 10.0. The van der Waals surface area contributed by atoms with Gasteiger partial charge in [0.15, 0.2) is 0 Å². The van der Waals surface area contributed by atoms with E-state index in [1.54, 1.807) is 6.07 Å². The number of benzene rings is 2. The van der Waals surface area contributed by atoms with Crippen LogP contribution in [0.2, 0.25) is 0 Å². The summed E-state index contributed by atoms with van der Waals surface area (Å²) in [6.07, 6.45) is 0. The highest BCUT2D eigenvalue weighted by molar-refractivity contribution is 14.1. The lowest BCUT2D eigenvalue weighted by atomic mass is 10.1. The van der Waals surface area contributed by atoms with Crippen LogP contribution < -0.4 is 5.32 Å². The van der Waals surface area contributed by atoms with E-state index in [2.05, 4.69) is 5.32 Å². The summed E-state index contributed by atoms with van der Waals surface area (Å²) in [4.78, 5) is 11.1. The number of hydrogen-bond donors (Lipinski definition) is 2. The van der Waals surface area contributed by atoms with Crippen LogP contribution in [-0.4, -0.2) is 11.1 Å². The Balaban J connectivity index is 2.46. The molecule has 20 heavy (non-hydrogen) atoms. The molecular formula is C14H8FIN2O2. The van der Waals surface area contributed by atoms with E-state index in [1.165, 1.54) is 30.3 Å². The van der Waals surface area contributed by atoms with Crippen molar-refractivity contribution in [3.8, 4) is 6.07 Å². The fourth-order valence-electron chi connectivity index (χ4n) is 1.64. The normalized spacial score (nSPS) is 9.85. The smallest absolute Gasteiger partial charge is 0.337 e. The molecule has 0 bridgehead atoms. The molecule has 0 fully saturated rings. The molecule has 2 aromatic carbocycles. The molecule has 2 N–H and O–H groups in total. The van der Waals surface area contributed by atoms with Crippen LogP contribution >= 0.6 is 22.6 Å². The molecule has 0 aliphatic carbocycles. The van der Waals surface area contributed by atoms with Crippen molar-refractivity contribution in [3.63, 3.8) is 0 Å².